The van der Waals surface area contributed by atoms with E-state index in [9.17, 15) is 0 Å². The largest absolute Gasteiger partial charge is 0.241 e. The zero-order valence-electron chi connectivity index (χ0n) is 12.1. The van der Waals surface area contributed by atoms with E-state index in [1.165, 1.54) is 23.6 Å². The van der Waals surface area contributed by atoms with Gasteiger partial charge in [0.25, 0.3) is 0 Å². The van der Waals surface area contributed by atoms with Crippen LogP contribution >= 0.6 is 47.1 Å². The molecular weight excluding hydrogens is 341 g/mol. The smallest absolute Gasteiger partial charge is 0.0964 e. The second-order valence-electron chi connectivity index (χ2n) is 5.88. The Morgan fingerprint density at radius 3 is 2.62 bits per heavy atom. The Bertz CT molecular complexity index is 593. The summed E-state index contributed by atoms with van der Waals surface area (Å²) in [5.74, 6) is 1.87. The maximum absolute atomic E-state index is 5.94. The van der Waals surface area contributed by atoms with Crippen LogP contribution in [-0.2, 0) is 0 Å². The minimum Gasteiger partial charge on any atom is -0.241 e. The van der Waals surface area contributed by atoms with Crippen molar-refractivity contribution in [1.29, 1.82) is 0 Å². The summed E-state index contributed by atoms with van der Waals surface area (Å²) in [5, 5.41) is 4.24. The van der Waals surface area contributed by atoms with E-state index < -0.39 is 0 Å². The van der Waals surface area contributed by atoms with E-state index in [4.69, 9.17) is 16.6 Å². The molecule has 1 fully saturated rings. The molecule has 1 saturated heterocycles. The third kappa shape index (κ3) is 4.16. The van der Waals surface area contributed by atoms with E-state index in [0.717, 1.165) is 16.3 Å². The number of hydrogen-bond donors (Lipinski definition) is 0. The fourth-order valence-electron chi connectivity index (χ4n) is 2.67. The van der Waals surface area contributed by atoms with Gasteiger partial charge in [-0.2, -0.15) is 11.8 Å². The first kappa shape index (κ1) is 17.1. The molecule has 21 heavy (non-hydrogen) atoms. The number of thiazole rings is 1. The lowest BCUT2D eigenvalue weighted by atomic mass is 9.94. The number of rotatable bonds is 2. The van der Waals surface area contributed by atoms with E-state index in [2.05, 4.69) is 31.0 Å². The van der Waals surface area contributed by atoms with Gasteiger partial charge in [-0.25, -0.2) is 4.98 Å². The highest BCUT2D eigenvalue weighted by Crippen LogP contribution is 2.44. The Kier molecular flexibility index (Phi) is 5.64. The molecule has 1 unspecified atom stereocenters. The van der Waals surface area contributed by atoms with Crippen LogP contribution < -0.4 is 0 Å². The second kappa shape index (κ2) is 6.91. The van der Waals surface area contributed by atoms with Crippen LogP contribution in [0.25, 0.3) is 11.3 Å². The monoisotopic (exact) mass is 359 g/mol. The van der Waals surface area contributed by atoms with Gasteiger partial charge in [-0.15, -0.1) is 23.7 Å². The lowest BCUT2D eigenvalue weighted by Crippen LogP contribution is -2.24. The third-order valence-electron chi connectivity index (χ3n) is 3.71. The number of thioether (sulfide) groups is 1. The molecule has 0 amide bonds. The van der Waals surface area contributed by atoms with Gasteiger partial charge in [-0.1, -0.05) is 37.6 Å². The minimum atomic E-state index is 0. The molecule has 114 valence electrons. The fourth-order valence-corrected chi connectivity index (χ4v) is 5.04. The highest BCUT2D eigenvalue weighted by molar-refractivity contribution is 8.00. The highest BCUT2D eigenvalue weighted by Gasteiger charge is 2.31. The van der Waals surface area contributed by atoms with Crippen molar-refractivity contribution < 1.29 is 0 Å². The van der Waals surface area contributed by atoms with Gasteiger partial charge in [0.1, 0.15) is 0 Å². The molecule has 1 aliphatic rings. The lowest BCUT2D eigenvalue weighted by molar-refractivity contribution is 0.504. The van der Waals surface area contributed by atoms with Gasteiger partial charge in [0.15, 0.2) is 0 Å². The van der Waals surface area contributed by atoms with Gasteiger partial charge in [-0.05, 0) is 30.7 Å². The molecule has 0 radical (unpaired) electrons. The van der Waals surface area contributed by atoms with Crippen LogP contribution in [0.5, 0.6) is 0 Å². The second-order valence-corrected chi connectivity index (χ2v) is 9.00. The summed E-state index contributed by atoms with van der Waals surface area (Å²) >= 11 is 9.83. The van der Waals surface area contributed by atoms with Crippen LogP contribution in [-0.4, -0.2) is 15.5 Å². The third-order valence-corrected chi connectivity index (χ3v) is 6.36. The van der Waals surface area contributed by atoms with Crippen molar-refractivity contribution in [2.45, 2.75) is 37.4 Å². The van der Waals surface area contributed by atoms with Crippen molar-refractivity contribution in [2.75, 3.05) is 5.75 Å². The van der Waals surface area contributed by atoms with E-state index in [1.807, 2.05) is 24.3 Å². The van der Waals surface area contributed by atoms with Crippen LogP contribution in [0.1, 0.15) is 37.6 Å². The molecule has 5 heteroatoms. The predicted octanol–water partition coefficient (Wildman–Crippen LogP) is 6.27. The molecule has 2 heterocycles. The molecule has 3 rings (SSSR count). The lowest BCUT2D eigenvalue weighted by Gasteiger charge is -2.33. The van der Waals surface area contributed by atoms with E-state index in [0.29, 0.717) is 10.7 Å². The van der Waals surface area contributed by atoms with Crippen LogP contribution in [0.2, 0.25) is 5.02 Å². The number of hydrogen-bond acceptors (Lipinski definition) is 3. The summed E-state index contributed by atoms with van der Waals surface area (Å²) in [6.45, 7) is 4.69. The van der Waals surface area contributed by atoms with Crippen LogP contribution in [0.4, 0.5) is 0 Å². The first-order valence-electron chi connectivity index (χ1n) is 6.89. The Hall–Kier alpha value is -0.220. The maximum Gasteiger partial charge on any atom is 0.0964 e. The van der Waals surface area contributed by atoms with Crippen molar-refractivity contribution in [3.63, 3.8) is 0 Å². The molecule has 0 spiro atoms. The zero-order valence-corrected chi connectivity index (χ0v) is 15.3. The maximum atomic E-state index is 5.94. The summed E-state index contributed by atoms with van der Waals surface area (Å²) in [5.41, 5.74) is 2.24. The van der Waals surface area contributed by atoms with Crippen molar-refractivity contribution >= 4 is 47.1 Å². The average Bonchev–Trinajstić information content (AvgIpc) is 2.88. The summed E-state index contributed by atoms with van der Waals surface area (Å²) in [6, 6.07) is 7.94. The van der Waals surface area contributed by atoms with Crippen molar-refractivity contribution in [1.82, 2.24) is 4.98 Å². The Labute approximate surface area is 145 Å². The van der Waals surface area contributed by atoms with Crippen LogP contribution in [0, 0.1) is 0 Å². The van der Waals surface area contributed by atoms with E-state index in [1.54, 1.807) is 11.3 Å². The van der Waals surface area contributed by atoms with Crippen LogP contribution in [0.15, 0.2) is 29.6 Å². The SMILES string of the molecule is CC1(C)CC(c2nc(-c3ccc(Cl)cc3)cs2)CCS1.Cl. The van der Waals surface area contributed by atoms with Crippen molar-refractivity contribution in [2.24, 2.45) is 0 Å². The molecule has 2 aromatic rings. The van der Waals surface area contributed by atoms with Gasteiger partial charge in [0.2, 0.25) is 0 Å². The van der Waals surface area contributed by atoms with Crippen molar-refractivity contribution in [3.8, 4) is 11.3 Å². The Morgan fingerprint density at radius 1 is 1.24 bits per heavy atom. The molecule has 1 nitrogen and oxygen atoms in total. The normalized spacial score (nSPS) is 20.8. The summed E-state index contributed by atoms with van der Waals surface area (Å²) < 4.78 is 0.384. The predicted molar refractivity (Wildman–Crippen MR) is 98.3 cm³/mol. The quantitative estimate of drug-likeness (QED) is 0.626. The summed E-state index contributed by atoms with van der Waals surface area (Å²) in [4.78, 5) is 4.87. The average molecular weight is 360 g/mol. The topological polar surface area (TPSA) is 12.9 Å². The molecule has 1 aromatic carbocycles. The first-order chi connectivity index (χ1) is 9.53. The molecule has 0 bridgehead atoms. The minimum absolute atomic E-state index is 0. The molecule has 1 atom stereocenters. The Balaban J connectivity index is 0.00000161. The number of benzene rings is 1. The van der Waals surface area contributed by atoms with E-state index >= 15 is 0 Å². The van der Waals surface area contributed by atoms with Gasteiger partial charge < -0.3 is 0 Å². The molecule has 0 saturated carbocycles. The molecule has 1 aliphatic heterocycles. The highest BCUT2D eigenvalue weighted by atomic mass is 35.5. The van der Waals surface area contributed by atoms with E-state index in [-0.39, 0.29) is 12.4 Å². The standard InChI is InChI=1S/C16H18ClNS2.ClH/c1-16(2)9-12(7-8-20-16)15-18-14(10-19-15)11-3-5-13(17)6-4-11;/h3-6,10,12H,7-9H2,1-2H3;1H. The number of aromatic nitrogens is 1. The van der Waals surface area contributed by atoms with Gasteiger partial charge in [-0.3, -0.25) is 0 Å². The van der Waals surface area contributed by atoms with Crippen molar-refractivity contribution in [3.05, 3.63) is 39.7 Å². The molecule has 0 N–H and O–H groups in total. The zero-order chi connectivity index (χ0) is 14.2. The fraction of sp³-hybridized carbons (Fsp3) is 0.438. The van der Waals surface area contributed by atoms with Gasteiger partial charge in [0, 0.05) is 26.6 Å². The molecule has 1 aromatic heterocycles. The summed E-state index contributed by atoms with van der Waals surface area (Å²) in [6.07, 6.45) is 2.48. The molecule has 0 aliphatic carbocycles. The number of halogens is 2. The van der Waals surface area contributed by atoms with Gasteiger partial charge >= 0.3 is 0 Å². The molecular formula is C16H19Cl2NS2. The van der Waals surface area contributed by atoms with Gasteiger partial charge in [0.05, 0.1) is 10.7 Å². The summed E-state index contributed by atoms with van der Waals surface area (Å²) in [7, 11) is 0. The Morgan fingerprint density at radius 2 is 1.95 bits per heavy atom. The number of nitrogens with zero attached hydrogens (tertiary/aromatic N) is 1. The first-order valence-corrected chi connectivity index (χ1v) is 9.13. The van der Waals surface area contributed by atoms with Crippen LogP contribution in [0.3, 0.4) is 0 Å².